The minimum Gasteiger partial charge on any atom is -0.451 e. The van der Waals surface area contributed by atoms with Crippen LogP contribution in [-0.4, -0.2) is 38.2 Å². The van der Waals surface area contributed by atoms with Crippen molar-refractivity contribution in [2.45, 2.75) is 19.6 Å². The van der Waals surface area contributed by atoms with Gasteiger partial charge in [-0.15, -0.1) is 5.10 Å². The van der Waals surface area contributed by atoms with Crippen molar-refractivity contribution in [1.29, 1.82) is 0 Å². The molecule has 1 atom stereocenters. The van der Waals surface area contributed by atoms with E-state index in [2.05, 4.69) is 36.8 Å². The molecule has 0 unspecified atom stereocenters. The molecule has 0 saturated carbocycles. The molecule has 0 aliphatic rings. The summed E-state index contributed by atoms with van der Waals surface area (Å²) in [5.41, 5.74) is 0.617. The van der Waals surface area contributed by atoms with Gasteiger partial charge in [0.2, 0.25) is 0 Å². The molecule has 1 heterocycles. The van der Waals surface area contributed by atoms with E-state index in [0.717, 1.165) is 4.47 Å². The number of hydrogen-bond donors (Lipinski definition) is 1. The first kappa shape index (κ1) is 15.1. The summed E-state index contributed by atoms with van der Waals surface area (Å²) in [4.78, 5) is 23.5. The molecule has 0 fully saturated rings. The highest BCUT2D eigenvalue weighted by Gasteiger charge is 2.18. The van der Waals surface area contributed by atoms with Crippen molar-refractivity contribution in [3.05, 3.63) is 35.1 Å². The SMILES string of the molecule is C[C@@H](OC(=O)Cn1cnnn1)C(=O)Nc1ccc(Br)cc1. The van der Waals surface area contributed by atoms with Gasteiger partial charge in [-0.3, -0.25) is 9.59 Å². The van der Waals surface area contributed by atoms with Gasteiger partial charge in [0.25, 0.3) is 5.91 Å². The first-order chi connectivity index (χ1) is 10.0. The standard InChI is InChI=1S/C12H12BrN5O3/c1-8(21-11(19)6-18-7-14-16-17-18)12(20)15-10-4-2-9(13)3-5-10/h2-5,7-8H,6H2,1H3,(H,15,20)/t8-/m1/s1. The zero-order valence-electron chi connectivity index (χ0n) is 11.1. The van der Waals surface area contributed by atoms with Crippen LogP contribution in [0.2, 0.25) is 0 Å². The van der Waals surface area contributed by atoms with E-state index in [-0.39, 0.29) is 6.54 Å². The van der Waals surface area contributed by atoms with Crippen LogP contribution in [0.1, 0.15) is 6.92 Å². The number of tetrazole rings is 1. The van der Waals surface area contributed by atoms with Gasteiger partial charge < -0.3 is 10.1 Å². The number of anilines is 1. The quantitative estimate of drug-likeness (QED) is 0.805. The van der Waals surface area contributed by atoms with Gasteiger partial charge in [-0.1, -0.05) is 15.9 Å². The highest BCUT2D eigenvalue weighted by atomic mass is 79.9. The minimum atomic E-state index is -0.919. The van der Waals surface area contributed by atoms with Gasteiger partial charge in [-0.2, -0.15) is 0 Å². The molecule has 2 rings (SSSR count). The molecule has 1 amide bonds. The number of benzene rings is 1. The van der Waals surface area contributed by atoms with E-state index in [0.29, 0.717) is 5.69 Å². The van der Waals surface area contributed by atoms with E-state index in [9.17, 15) is 9.59 Å². The van der Waals surface area contributed by atoms with Gasteiger partial charge in [-0.25, -0.2) is 4.68 Å². The molecule has 2 aromatic rings. The van der Waals surface area contributed by atoms with Crippen LogP contribution in [0.25, 0.3) is 0 Å². The van der Waals surface area contributed by atoms with Crippen LogP contribution < -0.4 is 5.32 Å². The van der Waals surface area contributed by atoms with Gasteiger partial charge in [0.05, 0.1) is 0 Å². The van der Waals surface area contributed by atoms with Crippen LogP contribution in [-0.2, 0) is 20.9 Å². The first-order valence-corrected chi connectivity index (χ1v) is 6.80. The maximum Gasteiger partial charge on any atom is 0.328 e. The lowest BCUT2D eigenvalue weighted by Crippen LogP contribution is -2.31. The second-order valence-corrected chi connectivity index (χ2v) is 5.05. The fourth-order valence-electron chi connectivity index (χ4n) is 1.45. The number of nitrogens with one attached hydrogen (secondary N) is 1. The number of amides is 1. The second kappa shape index (κ2) is 6.93. The predicted molar refractivity (Wildman–Crippen MR) is 76.1 cm³/mol. The molecule has 21 heavy (non-hydrogen) atoms. The normalized spacial score (nSPS) is 11.7. The van der Waals surface area contributed by atoms with E-state index in [1.165, 1.54) is 17.9 Å². The zero-order valence-corrected chi connectivity index (χ0v) is 12.6. The van der Waals surface area contributed by atoms with Crippen LogP contribution in [0.15, 0.2) is 35.1 Å². The summed E-state index contributed by atoms with van der Waals surface area (Å²) in [6.07, 6.45) is 0.367. The van der Waals surface area contributed by atoms with Gasteiger partial charge >= 0.3 is 5.97 Å². The molecule has 0 saturated heterocycles. The minimum absolute atomic E-state index is 0.150. The summed E-state index contributed by atoms with van der Waals surface area (Å²) >= 11 is 3.30. The Morgan fingerprint density at radius 1 is 1.38 bits per heavy atom. The van der Waals surface area contributed by atoms with E-state index in [1.54, 1.807) is 24.3 Å². The molecule has 0 aliphatic carbocycles. The molecule has 9 heteroatoms. The zero-order chi connectivity index (χ0) is 15.2. The lowest BCUT2D eigenvalue weighted by Gasteiger charge is -2.13. The summed E-state index contributed by atoms with van der Waals surface area (Å²) in [6.45, 7) is 1.34. The third-order valence-electron chi connectivity index (χ3n) is 2.47. The summed E-state index contributed by atoms with van der Waals surface area (Å²) in [5, 5.41) is 13.0. The summed E-state index contributed by atoms with van der Waals surface area (Å²) < 4.78 is 7.12. The Morgan fingerprint density at radius 3 is 2.71 bits per heavy atom. The Bertz CT molecular complexity index is 614. The Morgan fingerprint density at radius 2 is 2.10 bits per heavy atom. The number of nitrogens with zero attached hydrogens (tertiary/aromatic N) is 4. The third-order valence-corrected chi connectivity index (χ3v) is 3.00. The van der Waals surface area contributed by atoms with Crippen molar-refractivity contribution < 1.29 is 14.3 Å². The van der Waals surface area contributed by atoms with Crippen LogP contribution in [0.5, 0.6) is 0 Å². The largest absolute Gasteiger partial charge is 0.451 e. The number of carbonyl (C=O) groups is 2. The molecular weight excluding hydrogens is 342 g/mol. The fraction of sp³-hybridized carbons (Fsp3) is 0.250. The van der Waals surface area contributed by atoms with Crippen molar-refractivity contribution in [3.8, 4) is 0 Å². The molecule has 1 N–H and O–H groups in total. The Balaban J connectivity index is 1.84. The smallest absolute Gasteiger partial charge is 0.328 e. The van der Waals surface area contributed by atoms with Crippen LogP contribution in [0.4, 0.5) is 5.69 Å². The maximum atomic E-state index is 11.9. The third kappa shape index (κ3) is 4.63. The maximum absolute atomic E-state index is 11.9. The molecule has 0 bridgehead atoms. The van der Waals surface area contributed by atoms with Crippen molar-refractivity contribution in [2.75, 3.05) is 5.32 Å². The average Bonchev–Trinajstić information content (AvgIpc) is 2.94. The topological polar surface area (TPSA) is 99.0 Å². The molecule has 0 spiro atoms. The van der Waals surface area contributed by atoms with Crippen LogP contribution in [0, 0.1) is 0 Å². The lowest BCUT2D eigenvalue weighted by molar-refractivity contribution is -0.153. The monoisotopic (exact) mass is 353 g/mol. The molecule has 1 aromatic heterocycles. The average molecular weight is 354 g/mol. The molecular formula is C12H12BrN5O3. The Labute approximate surface area is 128 Å². The number of hydrogen-bond acceptors (Lipinski definition) is 6. The predicted octanol–water partition coefficient (Wildman–Crippen LogP) is 1.01. The van der Waals surface area contributed by atoms with Gasteiger partial charge in [0, 0.05) is 10.2 Å². The van der Waals surface area contributed by atoms with Crippen molar-refractivity contribution in [1.82, 2.24) is 20.2 Å². The van der Waals surface area contributed by atoms with E-state index in [4.69, 9.17) is 4.74 Å². The first-order valence-electron chi connectivity index (χ1n) is 6.01. The van der Waals surface area contributed by atoms with Crippen molar-refractivity contribution in [3.63, 3.8) is 0 Å². The van der Waals surface area contributed by atoms with Gasteiger partial charge in [0.1, 0.15) is 12.9 Å². The molecule has 1 aromatic carbocycles. The van der Waals surface area contributed by atoms with Crippen LogP contribution in [0.3, 0.4) is 0 Å². The van der Waals surface area contributed by atoms with Crippen molar-refractivity contribution >= 4 is 33.5 Å². The van der Waals surface area contributed by atoms with Gasteiger partial charge in [-0.05, 0) is 41.6 Å². The fourth-order valence-corrected chi connectivity index (χ4v) is 1.71. The number of rotatable bonds is 5. The highest BCUT2D eigenvalue weighted by Crippen LogP contribution is 2.14. The van der Waals surface area contributed by atoms with E-state index in [1.807, 2.05) is 0 Å². The number of carbonyl (C=O) groups excluding carboxylic acids is 2. The van der Waals surface area contributed by atoms with Crippen LogP contribution >= 0.6 is 15.9 Å². The van der Waals surface area contributed by atoms with Gasteiger partial charge in [0.15, 0.2) is 6.10 Å². The second-order valence-electron chi connectivity index (χ2n) is 4.14. The Hall–Kier alpha value is -2.29. The highest BCUT2D eigenvalue weighted by molar-refractivity contribution is 9.10. The number of aromatic nitrogens is 4. The summed E-state index contributed by atoms with van der Waals surface area (Å²) in [6, 6.07) is 7.06. The number of halogens is 1. The molecule has 0 radical (unpaired) electrons. The van der Waals surface area contributed by atoms with Crippen molar-refractivity contribution in [2.24, 2.45) is 0 Å². The number of ether oxygens (including phenoxy) is 1. The van der Waals surface area contributed by atoms with E-state index < -0.39 is 18.0 Å². The lowest BCUT2D eigenvalue weighted by atomic mass is 10.3. The molecule has 0 aliphatic heterocycles. The van der Waals surface area contributed by atoms with E-state index >= 15 is 0 Å². The summed E-state index contributed by atoms with van der Waals surface area (Å²) in [5.74, 6) is -1.01. The number of esters is 1. The molecule has 8 nitrogen and oxygen atoms in total. The summed E-state index contributed by atoms with van der Waals surface area (Å²) in [7, 11) is 0. The molecule has 110 valence electrons. The Kier molecular flexibility index (Phi) is 4.99.